The number of ketones is 1. The summed E-state index contributed by atoms with van der Waals surface area (Å²) in [6, 6.07) is 14.5. The third kappa shape index (κ3) is 8.95. The number of hydrogen-bond acceptors (Lipinski definition) is 9. The summed E-state index contributed by atoms with van der Waals surface area (Å²) in [5.41, 5.74) is 0.549. The molecule has 2 rings (SSSR count). The van der Waals surface area contributed by atoms with Gasteiger partial charge in [0.05, 0.1) is 19.6 Å². The van der Waals surface area contributed by atoms with Crippen molar-refractivity contribution in [2.45, 2.75) is 30.1 Å². The minimum absolute atomic E-state index is 0.00371. The van der Waals surface area contributed by atoms with E-state index < -0.39 is 5.97 Å². The first-order chi connectivity index (χ1) is 14.9. The Morgan fingerprint density at radius 2 is 1.58 bits per heavy atom. The topological polar surface area (TPSA) is 102 Å². The van der Waals surface area contributed by atoms with Crippen LogP contribution < -0.4 is 4.74 Å². The number of ether oxygens (including phenoxy) is 1. The zero-order chi connectivity index (χ0) is 22.6. The Morgan fingerprint density at radius 3 is 2.16 bits per heavy atom. The first-order valence-electron chi connectivity index (χ1n) is 9.43. The van der Waals surface area contributed by atoms with Crippen LogP contribution in [0.3, 0.4) is 0 Å². The molecule has 0 saturated carbocycles. The third-order valence-corrected chi connectivity index (χ3v) is 5.67. The Hall–Kier alpha value is -2.62. The second-order valence-corrected chi connectivity index (χ2v) is 8.53. The summed E-state index contributed by atoms with van der Waals surface area (Å²) < 4.78 is 5.57. The summed E-state index contributed by atoms with van der Waals surface area (Å²) in [5.74, 6) is 0.183. The van der Waals surface area contributed by atoms with Crippen LogP contribution in [-0.2, 0) is 14.4 Å². The molecule has 0 aliphatic carbocycles. The van der Waals surface area contributed by atoms with Crippen LogP contribution >= 0.6 is 23.5 Å². The molecule has 164 valence electrons. The van der Waals surface area contributed by atoms with Crippen molar-refractivity contribution >= 4 is 46.1 Å². The van der Waals surface area contributed by atoms with Crippen LogP contribution in [0.5, 0.6) is 5.75 Å². The number of thioether (sulfide) groups is 1. The van der Waals surface area contributed by atoms with Crippen molar-refractivity contribution in [2.75, 3.05) is 19.0 Å². The van der Waals surface area contributed by atoms with Crippen molar-refractivity contribution in [3.63, 3.8) is 0 Å². The predicted molar refractivity (Wildman–Crippen MR) is 121 cm³/mol. The molecule has 0 amide bonds. The number of hydrogen-bond donors (Lipinski definition) is 1. The largest absolute Gasteiger partial charge is 0.493 e. The van der Waals surface area contributed by atoms with Gasteiger partial charge in [0.15, 0.2) is 5.12 Å². The molecular formula is C22H23NO6S2. The van der Waals surface area contributed by atoms with E-state index in [1.807, 2.05) is 36.4 Å². The number of rotatable bonds is 11. The lowest BCUT2D eigenvalue weighted by Crippen LogP contribution is -2.11. The number of carbonyl (C=O) groups excluding carboxylic acids is 3. The van der Waals surface area contributed by atoms with Crippen molar-refractivity contribution < 1.29 is 29.1 Å². The molecule has 0 aliphatic heterocycles. The summed E-state index contributed by atoms with van der Waals surface area (Å²) in [4.78, 5) is 41.0. The monoisotopic (exact) mass is 461 g/mol. The Kier molecular flexibility index (Phi) is 10.3. The lowest BCUT2D eigenvalue weighted by molar-refractivity contribution is -0.140. The summed E-state index contributed by atoms with van der Waals surface area (Å²) >= 11 is 2.63. The molecule has 0 atom stereocenters. The molecule has 0 aliphatic rings. The zero-order valence-corrected chi connectivity index (χ0v) is 18.8. The quantitative estimate of drug-likeness (QED) is 0.232. The first-order valence-corrected chi connectivity index (χ1v) is 11.2. The fraction of sp³-hybridized carbons (Fsp3) is 0.273. The molecule has 31 heavy (non-hydrogen) atoms. The molecule has 7 nitrogen and oxygen atoms in total. The number of aliphatic hydroxyl groups is 1. The average molecular weight is 462 g/mol. The van der Waals surface area contributed by atoms with Crippen molar-refractivity contribution in [3.8, 4) is 5.75 Å². The SMILES string of the molecule is CC(=O)ON=C(C)C(=O)c1ccc(Sc2ccc(OCCC(=O)SCCO)cc2)cc1. The molecule has 0 saturated heterocycles. The smallest absolute Gasteiger partial charge is 0.331 e. The van der Waals surface area contributed by atoms with Gasteiger partial charge in [-0.15, -0.1) is 0 Å². The highest BCUT2D eigenvalue weighted by atomic mass is 32.2. The maximum absolute atomic E-state index is 12.3. The summed E-state index contributed by atoms with van der Waals surface area (Å²) in [5, 5.41) is 12.2. The summed E-state index contributed by atoms with van der Waals surface area (Å²) in [6.45, 7) is 2.98. The number of benzene rings is 2. The maximum atomic E-state index is 12.3. The third-order valence-electron chi connectivity index (χ3n) is 3.74. The minimum Gasteiger partial charge on any atom is -0.493 e. The van der Waals surface area contributed by atoms with Gasteiger partial charge in [-0.3, -0.25) is 9.59 Å². The summed E-state index contributed by atoms with van der Waals surface area (Å²) in [6.07, 6.45) is 0.289. The highest BCUT2D eigenvalue weighted by Crippen LogP contribution is 2.29. The number of nitrogens with zero attached hydrogens (tertiary/aromatic N) is 1. The molecule has 2 aromatic carbocycles. The Bertz CT molecular complexity index is 926. The van der Waals surface area contributed by atoms with E-state index in [0.717, 1.165) is 21.6 Å². The van der Waals surface area contributed by atoms with E-state index in [1.54, 1.807) is 12.1 Å². The average Bonchev–Trinajstić information content (AvgIpc) is 2.77. The van der Waals surface area contributed by atoms with Gasteiger partial charge in [-0.2, -0.15) is 0 Å². The van der Waals surface area contributed by atoms with E-state index >= 15 is 0 Å². The van der Waals surface area contributed by atoms with E-state index in [9.17, 15) is 14.4 Å². The van der Waals surface area contributed by atoms with Crippen LogP contribution in [-0.4, -0.2) is 46.7 Å². The maximum Gasteiger partial charge on any atom is 0.331 e. The molecule has 0 fully saturated rings. The standard InChI is InChI=1S/C22H23NO6S2/c1-15(23-29-16(2)25)22(27)17-3-7-19(8-4-17)31-20-9-5-18(6-10-20)28-13-11-21(26)30-14-12-24/h3-10,24H,11-14H2,1-2H3. The van der Waals surface area contributed by atoms with Gasteiger partial charge in [0.25, 0.3) is 0 Å². The Balaban J connectivity index is 1.86. The van der Waals surface area contributed by atoms with Gasteiger partial charge in [-0.25, -0.2) is 4.79 Å². The van der Waals surface area contributed by atoms with Crippen LogP contribution in [0, 0.1) is 0 Å². The van der Waals surface area contributed by atoms with E-state index in [1.165, 1.54) is 25.6 Å². The molecule has 0 bridgehead atoms. The van der Waals surface area contributed by atoms with Gasteiger partial charge < -0.3 is 14.7 Å². The lowest BCUT2D eigenvalue weighted by atomic mass is 10.1. The van der Waals surface area contributed by atoms with Crippen molar-refractivity contribution in [2.24, 2.45) is 5.16 Å². The number of oxime groups is 1. The van der Waals surface area contributed by atoms with Gasteiger partial charge >= 0.3 is 5.97 Å². The van der Waals surface area contributed by atoms with Crippen LogP contribution in [0.2, 0.25) is 0 Å². The van der Waals surface area contributed by atoms with Crippen LogP contribution in [0.25, 0.3) is 0 Å². The molecule has 0 heterocycles. The van der Waals surface area contributed by atoms with Gasteiger partial charge in [-0.05, 0) is 55.5 Å². The minimum atomic E-state index is -0.583. The Morgan fingerprint density at radius 1 is 0.968 bits per heavy atom. The van der Waals surface area contributed by atoms with E-state index in [4.69, 9.17) is 9.84 Å². The Labute approximate surface area is 189 Å². The molecule has 0 spiro atoms. The second kappa shape index (κ2) is 12.9. The van der Waals surface area contributed by atoms with Crippen molar-refractivity contribution in [3.05, 3.63) is 54.1 Å². The van der Waals surface area contributed by atoms with Crippen LogP contribution in [0.1, 0.15) is 30.6 Å². The number of carbonyl (C=O) groups is 3. The fourth-order valence-corrected chi connectivity index (χ4v) is 3.64. The normalized spacial score (nSPS) is 11.1. The predicted octanol–water partition coefficient (Wildman–Crippen LogP) is 3.98. The molecule has 2 aromatic rings. The van der Waals surface area contributed by atoms with Crippen LogP contribution in [0.15, 0.2) is 63.5 Å². The van der Waals surface area contributed by atoms with E-state index in [2.05, 4.69) is 9.99 Å². The summed E-state index contributed by atoms with van der Waals surface area (Å²) in [7, 11) is 0. The molecule has 0 aromatic heterocycles. The van der Waals surface area contributed by atoms with E-state index in [0.29, 0.717) is 23.7 Å². The van der Waals surface area contributed by atoms with Gasteiger partial charge in [0, 0.05) is 28.0 Å². The molecule has 1 N–H and O–H groups in total. The molecular weight excluding hydrogens is 438 g/mol. The molecule has 0 unspecified atom stereocenters. The highest BCUT2D eigenvalue weighted by Gasteiger charge is 2.11. The molecule has 9 heteroatoms. The zero-order valence-electron chi connectivity index (χ0n) is 17.2. The first kappa shape index (κ1) is 24.6. The lowest BCUT2D eigenvalue weighted by Gasteiger charge is -2.07. The highest BCUT2D eigenvalue weighted by molar-refractivity contribution is 8.13. The van der Waals surface area contributed by atoms with Crippen molar-refractivity contribution in [1.82, 2.24) is 0 Å². The van der Waals surface area contributed by atoms with Gasteiger partial charge in [0.1, 0.15) is 11.5 Å². The fourth-order valence-electron chi connectivity index (χ4n) is 2.28. The van der Waals surface area contributed by atoms with E-state index in [-0.39, 0.29) is 29.6 Å². The van der Waals surface area contributed by atoms with Gasteiger partial charge in [0.2, 0.25) is 5.78 Å². The van der Waals surface area contributed by atoms with Gasteiger partial charge in [-0.1, -0.05) is 28.7 Å². The molecule has 0 radical (unpaired) electrons. The number of Topliss-reactive ketones (excluding diaryl/α,β-unsaturated/α-hetero) is 1. The second-order valence-electron chi connectivity index (χ2n) is 6.23. The van der Waals surface area contributed by atoms with Crippen LogP contribution in [0.4, 0.5) is 0 Å². The number of aliphatic hydroxyl groups excluding tert-OH is 1. The van der Waals surface area contributed by atoms with Crippen molar-refractivity contribution in [1.29, 1.82) is 0 Å².